The standard InChI is InChI=1S/C23H24FN3O4/c1-16(28)17-4-9-20-21(15-17)31-23(30)27(20)10-2-3-22(29)26-13-11-25(12-14-26)19-7-5-18(24)6-8-19/h4-9,15H,2-3,10-14H2,1H3. The third-order valence-corrected chi connectivity index (χ3v) is 5.67. The molecule has 1 amide bonds. The highest BCUT2D eigenvalue weighted by atomic mass is 19.1. The number of nitrogens with zero attached hydrogens (tertiary/aromatic N) is 3. The Kier molecular flexibility index (Phi) is 5.88. The maximum absolute atomic E-state index is 13.1. The van der Waals surface area contributed by atoms with Gasteiger partial charge in [0, 0.05) is 50.4 Å². The van der Waals surface area contributed by atoms with Gasteiger partial charge in [-0.2, -0.15) is 0 Å². The van der Waals surface area contributed by atoms with Crippen molar-refractivity contribution in [3.05, 3.63) is 64.4 Å². The topological polar surface area (TPSA) is 75.8 Å². The van der Waals surface area contributed by atoms with Gasteiger partial charge in [0.25, 0.3) is 0 Å². The molecular formula is C23H24FN3O4. The van der Waals surface area contributed by atoms with Crippen molar-refractivity contribution in [2.24, 2.45) is 0 Å². The van der Waals surface area contributed by atoms with Crippen LogP contribution >= 0.6 is 0 Å². The molecule has 1 saturated heterocycles. The Morgan fingerprint density at radius 2 is 1.74 bits per heavy atom. The zero-order valence-corrected chi connectivity index (χ0v) is 17.3. The summed E-state index contributed by atoms with van der Waals surface area (Å²) in [7, 11) is 0. The third kappa shape index (κ3) is 4.52. The van der Waals surface area contributed by atoms with Gasteiger partial charge in [-0.15, -0.1) is 0 Å². The number of aromatic nitrogens is 1. The predicted octanol–water partition coefficient (Wildman–Crippen LogP) is 3.07. The van der Waals surface area contributed by atoms with Crippen molar-refractivity contribution in [2.45, 2.75) is 26.3 Å². The van der Waals surface area contributed by atoms with Crippen LogP contribution in [0.15, 0.2) is 51.7 Å². The van der Waals surface area contributed by atoms with Gasteiger partial charge in [-0.05, 0) is 55.8 Å². The van der Waals surface area contributed by atoms with E-state index >= 15 is 0 Å². The summed E-state index contributed by atoms with van der Waals surface area (Å²) in [5, 5.41) is 0. The van der Waals surface area contributed by atoms with Gasteiger partial charge in [0.1, 0.15) is 5.82 Å². The summed E-state index contributed by atoms with van der Waals surface area (Å²) in [6.07, 6.45) is 0.848. The number of fused-ring (bicyclic) bond motifs is 1. The predicted molar refractivity (Wildman–Crippen MR) is 115 cm³/mol. The molecule has 0 atom stereocenters. The first kappa shape index (κ1) is 20.8. The van der Waals surface area contributed by atoms with E-state index in [0.29, 0.717) is 62.2 Å². The molecule has 4 rings (SSSR count). The zero-order valence-electron chi connectivity index (χ0n) is 17.3. The number of hydrogen-bond donors (Lipinski definition) is 0. The van der Waals surface area contributed by atoms with E-state index in [4.69, 9.17) is 4.42 Å². The Bertz CT molecular complexity index is 1160. The number of halogens is 1. The molecule has 1 aliphatic rings. The molecule has 0 unspecified atom stereocenters. The van der Waals surface area contributed by atoms with Gasteiger partial charge in [0.2, 0.25) is 5.91 Å². The Labute approximate surface area is 178 Å². The fourth-order valence-electron chi connectivity index (χ4n) is 3.91. The van der Waals surface area contributed by atoms with Crippen molar-refractivity contribution in [1.82, 2.24) is 9.47 Å². The molecule has 2 heterocycles. The number of hydrogen-bond acceptors (Lipinski definition) is 5. The summed E-state index contributed by atoms with van der Waals surface area (Å²) in [6, 6.07) is 11.3. The molecule has 0 saturated carbocycles. The number of carbonyl (C=O) groups excluding carboxylic acids is 2. The lowest BCUT2D eigenvalue weighted by Crippen LogP contribution is -2.48. The SMILES string of the molecule is CC(=O)c1ccc2c(c1)oc(=O)n2CCCC(=O)N1CCN(c2ccc(F)cc2)CC1. The van der Waals surface area contributed by atoms with Gasteiger partial charge >= 0.3 is 5.76 Å². The van der Waals surface area contributed by atoms with Crippen LogP contribution in [0.25, 0.3) is 11.1 Å². The molecular weight excluding hydrogens is 401 g/mol. The molecule has 162 valence electrons. The van der Waals surface area contributed by atoms with E-state index in [2.05, 4.69) is 4.90 Å². The minimum Gasteiger partial charge on any atom is -0.408 e. The molecule has 1 aliphatic heterocycles. The molecule has 3 aromatic rings. The Morgan fingerprint density at radius 1 is 1.03 bits per heavy atom. The van der Waals surface area contributed by atoms with E-state index in [1.54, 1.807) is 30.3 Å². The molecule has 1 aromatic heterocycles. The van der Waals surface area contributed by atoms with Gasteiger partial charge in [-0.3, -0.25) is 14.2 Å². The number of ketones is 1. The average molecular weight is 425 g/mol. The monoisotopic (exact) mass is 425 g/mol. The largest absolute Gasteiger partial charge is 0.419 e. The Morgan fingerprint density at radius 3 is 2.42 bits per heavy atom. The average Bonchev–Trinajstić information content (AvgIpc) is 3.08. The molecule has 0 spiro atoms. The lowest BCUT2D eigenvalue weighted by Gasteiger charge is -2.36. The number of oxazole rings is 1. The van der Waals surface area contributed by atoms with Gasteiger partial charge < -0.3 is 14.2 Å². The maximum Gasteiger partial charge on any atom is 0.419 e. The number of anilines is 1. The van der Waals surface area contributed by atoms with E-state index in [1.165, 1.54) is 23.6 Å². The third-order valence-electron chi connectivity index (χ3n) is 5.67. The van der Waals surface area contributed by atoms with Crippen LogP contribution < -0.4 is 10.7 Å². The maximum atomic E-state index is 13.1. The van der Waals surface area contributed by atoms with E-state index in [-0.39, 0.29) is 17.5 Å². The van der Waals surface area contributed by atoms with Crippen LogP contribution in [0.3, 0.4) is 0 Å². The fourth-order valence-corrected chi connectivity index (χ4v) is 3.91. The highest BCUT2D eigenvalue weighted by Gasteiger charge is 2.21. The van der Waals surface area contributed by atoms with Crippen molar-refractivity contribution in [1.29, 1.82) is 0 Å². The van der Waals surface area contributed by atoms with Gasteiger partial charge in [0.15, 0.2) is 11.4 Å². The lowest BCUT2D eigenvalue weighted by atomic mass is 10.1. The lowest BCUT2D eigenvalue weighted by molar-refractivity contribution is -0.131. The van der Waals surface area contributed by atoms with E-state index in [1.807, 2.05) is 4.90 Å². The van der Waals surface area contributed by atoms with Gasteiger partial charge in [-0.1, -0.05) is 0 Å². The Hall–Kier alpha value is -3.42. The fraction of sp³-hybridized carbons (Fsp3) is 0.348. The molecule has 8 heteroatoms. The highest BCUT2D eigenvalue weighted by Crippen LogP contribution is 2.18. The second-order valence-corrected chi connectivity index (χ2v) is 7.71. The quantitative estimate of drug-likeness (QED) is 0.568. The number of benzene rings is 2. The summed E-state index contributed by atoms with van der Waals surface area (Å²) in [6.45, 7) is 4.44. The van der Waals surface area contributed by atoms with Gasteiger partial charge in [0.05, 0.1) is 5.52 Å². The van der Waals surface area contributed by atoms with E-state index < -0.39 is 5.76 Å². The summed E-state index contributed by atoms with van der Waals surface area (Å²) in [4.78, 5) is 40.2. The van der Waals surface area contributed by atoms with Crippen molar-refractivity contribution in [3.8, 4) is 0 Å². The van der Waals surface area contributed by atoms with Crippen LogP contribution in [-0.2, 0) is 11.3 Å². The first-order chi connectivity index (χ1) is 14.9. The number of amides is 1. The summed E-state index contributed by atoms with van der Waals surface area (Å²) in [5.41, 5.74) is 2.44. The summed E-state index contributed by atoms with van der Waals surface area (Å²) < 4.78 is 19.8. The first-order valence-electron chi connectivity index (χ1n) is 10.3. The van der Waals surface area contributed by atoms with E-state index in [0.717, 1.165) is 5.69 Å². The van der Waals surface area contributed by atoms with Crippen LogP contribution in [0.2, 0.25) is 0 Å². The number of carbonyl (C=O) groups is 2. The second-order valence-electron chi connectivity index (χ2n) is 7.71. The minimum atomic E-state index is -0.490. The molecule has 0 radical (unpaired) electrons. The highest BCUT2D eigenvalue weighted by molar-refractivity contribution is 5.96. The van der Waals surface area contributed by atoms with Crippen LogP contribution in [0, 0.1) is 5.82 Å². The van der Waals surface area contributed by atoms with Crippen molar-refractivity contribution < 1.29 is 18.4 Å². The van der Waals surface area contributed by atoms with Crippen LogP contribution in [-0.4, -0.2) is 47.3 Å². The molecule has 0 aliphatic carbocycles. The molecule has 0 bridgehead atoms. The molecule has 2 aromatic carbocycles. The second kappa shape index (κ2) is 8.75. The van der Waals surface area contributed by atoms with Crippen molar-refractivity contribution >= 4 is 28.5 Å². The van der Waals surface area contributed by atoms with Crippen LogP contribution in [0.1, 0.15) is 30.1 Å². The molecule has 31 heavy (non-hydrogen) atoms. The number of piperazine rings is 1. The number of rotatable bonds is 6. The summed E-state index contributed by atoms with van der Waals surface area (Å²) in [5.74, 6) is -0.793. The van der Waals surface area contributed by atoms with Gasteiger partial charge in [-0.25, -0.2) is 9.18 Å². The van der Waals surface area contributed by atoms with Crippen molar-refractivity contribution in [3.63, 3.8) is 0 Å². The Balaban J connectivity index is 1.31. The zero-order chi connectivity index (χ0) is 22.0. The van der Waals surface area contributed by atoms with Crippen LogP contribution in [0.5, 0.6) is 0 Å². The van der Waals surface area contributed by atoms with Crippen LogP contribution in [0.4, 0.5) is 10.1 Å². The number of aryl methyl sites for hydroxylation is 1. The molecule has 7 nitrogen and oxygen atoms in total. The summed E-state index contributed by atoms with van der Waals surface area (Å²) >= 11 is 0. The first-order valence-corrected chi connectivity index (χ1v) is 10.3. The minimum absolute atomic E-state index is 0.0541. The smallest absolute Gasteiger partial charge is 0.408 e. The molecule has 0 N–H and O–H groups in total. The van der Waals surface area contributed by atoms with Crippen molar-refractivity contribution in [2.75, 3.05) is 31.1 Å². The number of Topliss-reactive ketones (excluding diaryl/α,β-unsaturated/α-hetero) is 1. The normalized spacial score (nSPS) is 14.3. The molecule has 1 fully saturated rings. The van der Waals surface area contributed by atoms with E-state index in [9.17, 15) is 18.8 Å².